The smallest absolute Gasteiger partial charge is 0.126 e. The van der Waals surface area contributed by atoms with Gasteiger partial charge in [0, 0.05) is 21.7 Å². The molecular weight excluding hydrogens is 316 g/mol. The third kappa shape index (κ3) is 5.36. The van der Waals surface area contributed by atoms with Gasteiger partial charge in [-0.15, -0.1) is 11.3 Å². The maximum Gasteiger partial charge on any atom is 0.126 e. The molecule has 3 nitrogen and oxygen atoms in total. The van der Waals surface area contributed by atoms with Crippen LogP contribution in [-0.4, -0.2) is 13.1 Å². The molecule has 1 heterocycles. The van der Waals surface area contributed by atoms with Gasteiger partial charge < -0.3 is 10.1 Å². The summed E-state index contributed by atoms with van der Waals surface area (Å²) in [5.41, 5.74) is 1.93. The second-order valence-electron chi connectivity index (χ2n) is 6.00. The van der Waals surface area contributed by atoms with Crippen molar-refractivity contribution in [3.8, 4) is 11.8 Å². The van der Waals surface area contributed by atoms with E-state index in [1.807, 2.05) is 23.5 Å². The molecule has 0 aliphatic heterocycles. The number of hydrogen-bond donors (Lipinski definition) is 1. The van der Waals surface area contributed by atoms with Crippen molar-refractivity contribution < 1.29 is 4.74 Å². The van der Waals surface area contributed by atoms with E-state index in [0.29, 0.717) is 5.56 Å². The van der Waals surface area contributed by atoms with Gasteiger partial charge >= 0.3 is 0 Å². The minimum atomic E-state index is 0.0389. The van der Waals surface area contributed by atoms with E-state index in [4.69, 9.17) is 10.00 Å². The highest BCUT2D eigenvalue weighted by molar-refractivity contribution is 7.12. The molecule has 0 aliphatic rings. The van der Waals surface area contributed by atoms with E-state index in [2.05, 4.69) is 38.2 Å². The third-order valence-corrected chi connectivity index (χ3v) is 4.96. The quantitative estimate of drug-likeness (QED) is 0.642. The van der Waals surface area contributed by atoms with Gasteiger partial charge in [-0.05, 0) is 63.7 Å². The Bertz CT molecular complexity index is 670. The van der Waals surface area contributed by atoms with Crippen LogP contribution in [0.25, 0.3) is 0 Å². The highest BCUT2D eigenvalue weighted by Crippen LogP contribution is 2.32. The lowest BCUT2D eigenvalue weighted by atomic mass is 10.1. The standard InChI is InChI=1S/C20H26N2OS/c1-4-5-11-22-12-10-20(19-13-15(2)24-16(19)3)23-18-8-6-17(14-21)7-9-18/h6-9,13,20,22H,4-5,10-12H2,1-3H3. The van der Waals surface area contributed by atoms with E-state index in [0.717, 1.165) is 25.3 Å². The Morgan fingerprint density at radius 1 is 1.21 bits per heavy atom. The average Bonchev–Trinajstić information content (AvgIpc) is 2.92. The largest absolute Gasteiger partial charge is 0.486 e. The number of benzene rings is 1. The van der Waals surface area contributed by atoms with Crippen LogP contribution >= 0.6 is 11.3 Å². The van der Waals surface area contributed by atoms with Crippen LogP contribution in [0.1, 0.15) is 53.2 Å². The molecule has 0 spiro atoms. The molecule has 0 bridgehead atoms. The second kappa shape index (κ2) is 9.46. The maximum atomic E-state index is 8.92. The summed E-state index contributed by atoms with van der Waals surface area (Å²) in [5.74, 6) is 0.816. The minimum absolute atomic E-state index is 0.0389. The van der Waals surface area contributed by atoms with Crippen LogP contribution < -0.4 is 10.1 Å². The number of hydrogen-bond acceptors (Lipinski definition) is 4. The van der Waals surface area contributed by atoms with Gasteiger partial charge in [0.15, 0.2) is 0 Å². The number of aryl methyl sites for hydroxylation is 2. The summed E-state index contributed by atoms with van der Waals surface area (Å²) in [6, 6.07) is 11.7. The normalized spacial score (nSPS) is 11.9. The first-order valence-electron chi connectivity index (χ1n) is 8.58. The molecule has 1 atom stereocenters. The van der Waals surface area contributed by atoms with Crippen molar-refractivity contribution in [3.05, 3.63) is 51.2 Å². The zero-order valence-electron chi connectivity index (χ0n) is 14.8. The third-order valence-electron chi connectivity index (χ3n) is 3.98. The average molecular weight is 343 g/mol. The summed E-state index contributed by atoms with van der Waals surface area (Å²) in [6.07, 6.45) is 3.39. The molecule has 1 N–H and O–H groups in total. The first-order valence-corrected chi connectivity index (χ1v) is 9.40. The number of thiophene rings is 1. The van der Waals surface area contributed by atoms with Gasteiger partial charge in [0.05, 0.1) is 11.6 Å². The van der Waals surface area contributed by atoms with Gasteiger partial charge in [0.1, 0.15) is 11.9 Å². The summed E-state index contributed by atoms with van der Waals surface area (Å²) >= 11 is 1.82. The Labute approximate surface area is 149 Å². The van der Waals surface area contributed by atoms with Crippen LogP contribution in [0, 0.1) is 25.2 Å². The Morgan fingerprint density at radius 2 is 1.96 bits per heavy atom. The molecule has 24 heavy (non-hydrogen) atoms. The Morgan fingerprint density at radius 3 is 2.54 bits per heavy atom. The van der Waals surface area contributed by atoms with Crippen LogP contribution in [0.4, 0.5) is 0 Å². The van der Waals surface area contributed by atoms with E-state index < -0.39 is 0 Å². The number of rotatable bonds is 9. The molecule has 1 aromatic heterocycles. The lowest BCUT2D eigenvalue weighted by molar-refractivity contribution is 0.194. The number of ether oxygens (including phenoxy) is 1. The molecule has 1 aromatic carbocycles. The van der Waals surface area contributed by atoms with E-state index in [-0.39, 0.29) is 6.10 Å². The maximum absolute atomic E-state index is 8.92. The predicted molar refractivity (Wildman–Crippen MR) is 101 cm³/mol. The van der Waals surface area contributed by atoms with Crippen molar-refractivity contribution in [2.24, 2.45) is 0 Å². The van der Waals surface area contributed by atoms with Gasteiger partial charge in [0.2, 0.25) is 0 Å². The molecule has 4 heteroatoms. The highest BCUT2D eigenvalue weighted by atomic mass is 32.1. The summed E-state index contributed by atoms with van der Waals surface area (Å²) in [4.78, 5) is 2.63. The van der Waals surface area contributed by atoms with Crippen molar-refractivity contribution in [3.63, 3.8) is 0 Å². The first kappa shape index (κ1) is 18.5. The summed E-state index contributed by atoms with van der Waals surface area (Å²) < 4.78 is 6.26. The number of nitrogens with one attached hydrogen (secondary N) is 1. The van der Waals surface area contributed by atoms with Gasteiger partial charge in [-0.3, -0.25) is 0 Å². The van der Waals surface area contributed by atoms with Crippen LogP contribution in [0.5, 0.6) is 5.75 Å². The van der Waals surface area contributed by atoms with E-state index >= 15 is 0 Å². The summed E-state index contributed by atoms with van der Waals surface area (Å²) in [5, 5.41) is 12.4. The Balaban J connectivity index is 2.06. The summed E-state index contributed by atoms with van der Waals surface area (Å²) in [7, 11) is 0. The molecule has 128 valence electrons. The molecule has 0 fully saturated rings. The fourth-order valence-electron chi connectivity index (χ4n) is 2.68. The zero-order chi connectivity index (χ0) is 17.4. The van der Waals surface area contributed by atoms with E-state index in [1.165, 1.54) is 28.2 Å². The van der Waals surface area contributed by atoms with Gasteiger partial charge in [0.25, 0.3) is 0 Å². The van der Waals surface area contributed by atoms with Crippen LogP contribution in [-0.2, 0) is 0 Å². The van der Waals surface area contributed by atoms with Crippen molar-refractivity contribution in [2.75, 3.05) is 13.1 Å². The Kier molecular flexibility index (Phi) is 7.30. The van der Waals surface area contributed by atoms with Crippen LogP contribution in [0.15, 0.2) is 30.3 Å². The second-order valence-corrected chi connectivity index (χ2v) is 7.46. The van der Waals surface area contributed by atoms with E-state index in [9.17, 15) is 0 Å². The molecule has 0 saturated carbocycles. The lowest BCUT2D eigenvalue weighted by Gasteiger charge is -2.20. The van der Waals surface area contributed by atoms with Gasteiger partial charge in [-0.25, -0.2) is 0 Å². The zero-order valence-corrected chi connectivity index (χ0v) is 15.6. The molecule has 0 saturated heterocycles. The molecular formula is C20H26N2OS. The highest BCUT2D eigenvalue weighted by Gasteiger charge is 2.18. The van der Waals surface area contributed by atoms with Crippen molar-refractivity contribution in [1.82, 2.24) is 5.32 Å². The van der Waals surface area contributed by atoms with Crippen molar-refractivity contribution in [2.45, 2.75) is 46.1 Å². The Hall–Kier alpha value is -1.83. The summed E-state index contributed by atoms with van der Waals surface area (Å²) in [6.45, 7) is 8.50. The SMILES string of the molecule is CCCCNCCC(Oc1ccc(C#N)cc1)c1cc(C)sc1C. The van der Waals surface area contributed by atoms with Gasteiger partial charge in [-0.2, -0.15) is 5.26 Å². The lowest BCUT2D eigenvalue weighted by Crippen LogP contribution is -2.21. The van der Waals surface area contributed by atoms with Gasteiger partial charge in [-0.1, -0.05) is 13.3 Å². The molecule has 2 rings (SSSR count). The van der Waals surface area contributed by atoms with E-state index in [1.54, 1.807) is 12.1 Å². The predicted octanol–water partition coefficient (Wildman–Crippen LogP) is 5.14. The number of nitrogens with zero attached hydrogens (tertiary/aromatic N) is 1. The molecule has 0 aliphatic carbocycles. The molecule has 2 aromatic rings. The molecule has 0 radical (unpaired) electrons. The van der Waals surface area contributed by atoms with Crippen LogP contribution in [0.3, 0.4) is 0 Å². The fraction of sp³-hybridized carbons (Fsp3) is 0.450. The number of nitriles is 1. The topological polar surface area (TPSA) is 45.0 Å². The fourth-order valence-corrected chi connectivity index (χ4v) is 3.66. The minimum Gasteiger partial charge on any atom is -0.486 e. The molecule has 0 amide bonds. The monoisotopic (exact) mass is 342 g/mol. The van der Waals surface area contributed by atoms with Crippen molar-refractivity contribution >= 4 is 11.3 Å². The molecule has 1 unspecified atom stereocenters. The number of unbranched alkanes of at least 4 members (excludes halogenated alkanes) is 1. The van der Waals surface area contributed by atoms with Crippen LogP contribution in [0.2, 0.25) is 0 Å². The van der Waals surface area contributed by atoms with Crippen molar-refractivity contribution in [1.29, 1.82) is 5.26 Å². The first-order chi connectivity index (χ1) is 11.6.